The highest BCUT2D eigenvalue weighted by Crippen LogP contribution is 2.27. The van der Waals surface area contributed by atoms with Gasteiger partial charge in [0, 0.05) is 0 Å². The minimum atomic E-state index is -4.07. The molecule has 0 aliphatic carbocycles. The second kappa shape index (κ2) is 9.25. The lowest BCUT2D eigenvalue weighted by molar-refractivity contribution is 0.102. The number of amides is 1. The number of anilines is 2. The summed E-state index contributed by atoms with van der Waals surface area (Å²) in [5.74, 6) is -1.34. The molecule has 0 aliphatic heterocycles. The van der Waals surface area contributed by atoms with Crippen molar-refractivity contribution in [2.24, 2.45) is 0 Å². The summed E-state index contributed by atoms with van der Waals surface area (Å²) in [4.78, 5) is 12.5. The normalized spacial score (nSPS) is 11.7. The molecule has 8 nitrogen and oxygen atoms in total. The van der Waals surface area contributed by atoms with Gasteiger partial charge in [-0.2, -0.15) is 0 Å². The largest absolute Gasteiger partial charge is 0.320 e. The van der Waals surface area contributed by atoms with E-state index in [1.165, 1.54) is 31.3 Å². The standard InChI is InChI=1S/C20H17ClFN3O5S2/c1-23-31(27,28)15-10-11-17(21)16(12-15)20(26)24-18-4-2-3-5-19(18)25-32(29,30)14-8-6-13(22)7-9-14/h2-12,23,25H,1H3,(H,24,26). The van der Waals surface area contributed by atoms with Crippen LogP contribution in [0, 0.1) is 5.82 Å². The molecule has 0 unspecified atom stereocenters. The average Bonchev–Trinajstić information content (AvgIpc) is 2.75. The van der Waals surface area contributed by atoms with E-state index >= 15 is 0 Å². The zero-order valence-corrected chi connectivity index (χ0v) is 18.9. The van der Waals surface area contributed by atoms with E-state index in [4.69, 9.17) is 11.6 Å². The Morgan fingerprint density at radius 2 is 1.44 bits per heavy atom. The van der Waals surface area contributed by atoms with Crippen molar-refractivity contribution in [1.29, 1.82) is 0 Å². The second-order valence-corrected chi connectivity index (χ2v) is 10.4. The molecule has 0 aromatic heterocycles. The highest BCUT2D eigenvalue weighted by Gasteiger charge is 2.20. The van der Waals surface area contributed by atoms with Crippen molar-refractivity contribution in [1.82, 2.24) is 4.72 Å². The maximum atomic E-state index is 13.1. The number of nitrogens with one attached hydrogen (secondary N) is 3. The van der Waals surface area contributed by atoms with Gasteiger partial charge in [-0.25, -0.2) is 25.9 Å². The molecule has 0 saturated heterocycles. The van der Waals surface area contributed by atoms with Gasteiger partial charge in [0.2, 0.25) is 10.0 Å². The molecule has 1 amide bonds. The number of carbonyl (C=O) groups is 1. The molecule has 3 N–H and O–H groups in total. The van der Waals surface area contributed by atoms with E-state index in [9.17, 15) is 26.0 Å². The first-order valence-corrected chi connectivity index (χ1v) is 12.3. The number of para-hydroxylation sites is 2. The van der Waals surface area contributed by atoms with Gasteiger partial charge in [-0.3, -0.25) is 9.52 Å². The fraction of sp³-hybridized carbons (Fsp3) is 0.0500. The topological polar surface area (TPSA) is 121 Å². The van der Waals surface area contributed by atoms with Crippen molar-refractivity contribution in [2.45, 2.75) is 9.79 Å². The lowest BCUT2D eigenvalue weighted by atomic mass is 10.2. The van der Waals surface area contributed by atoms with Crippen molar-refractivity contribution in [3.8, 4) is 0 Å². The van der Waals surface area contributed by atoms with E-state index < -0.39 is 31.8 Å². The van der Waals surface area contributed by atoms with Crippen LogP contribution in [0.3, 0.4) is 0 Å². The number of hydrogen-bond donors (Lipinski definition) is 3. The zero-order valence-electron chi connectivity index (χ0n) is 16.5. The number of sulfonamides is 2. The molecule has 0 spiro atoms. The van der Waals surface area contributed by atoms with Crippen LogP contribution in [0.15, 0.2) is 76.5 Å². The second-order valence-electron chi connectivity index (χ2n) is 6.41. The lowest BCUT2D eigenvalue weighted by Crippen LogP contribution is -2.20. The minimum absolute atomic E-state index is 0.00178. The van der Waals surface area contributed by atoms with Gasteiger partial charge in [0.05, 0.1) is 31.8 Å². The maximum absolute atomic E-state index is 13.1. The molecule has 168 valence electrons. The molecular formula is C20H17ClFN3O5S2. The Labute approximate surface area is 189 Å². The summed E-state index contributed by atoms with van der Waals surface area (Å²) in [6.45, 7) is 0. The van der Waals surface area contributed by atoms with Crippen LogP contribution in [0.1, 0.15) is 10.4 Å². The van der Waals surface area contributed by atoms with Crippen molar-refractivity contribution < 1.29 is 26.0 Å². The quantitative estimate of drug-likeness (QED) is 0.461. The van der Waals surface area contributed by atoms with Gasteiger partial charge in [0.15, 0.2) is 0 Å². The van der Waals surface area contributed by atoms with Crippen LogP contribution in [0.2, 0.25) is 5.02 Å². The van der Waals surface area contributed by atoms with Crippen LogP contribution in [0.4, 0.5) is 15.8 Å². The van der Waals surface area contributed by atoms with Gasteiger partial charge in [0.1, 0.15) is 5.82 Å². The summed E-state index contributed by atoms with van der Waals surface area (Å²) in [5.41, 5.74) is 0.0145. The first-order valence-electron chi connectivity index (χ1n) is 8.95. The van der Waals surface area contributed by atoms with Crippen molar-refractivity contribution in [3.05, 3.63) is 83.1 Å². The molecule has 0 bridgehead atoms. The third-order valence-electron chi connectivity index (χ3n) is 4.31. The molecule has 0 heterocycles. The van der Waals surface area contributed by atoms with Gasteiger partial charge in [-0.15, -0.1) is 0 Å². The molecule has 0 fully saturated rings. The Hall–Kier alpha value is -2.99. The van der Waals surface area contributed by atoms with E-state index in [0.29, 0.717) is 0 Å². The Bertz CT molecular complexity index is 1380. The number of benzene rings is 3. The predicted octanol–water partition coefficient (Wildman–Crippen LogP) is 3.44. The molecule has 0 atom stereocenters. The Morgan fingerprint density at radius 1 is 0.844 bits per heavy atom. The fourth-order valence-corrected chi connectivity index (χ4v) is 4.69. The molecule has 0 saturated carbocycles. The highest BCUT2D eigenvalue weighted by molar-refractivity contribution is 7.92. The zero-order chi connectivity index (χ0) is 23.5. The average molecular weight is 498 g/mol. The van der Waals surface area contributed by atoms with Gasteiger partial charge in [-0.05, 0) is 61.6 Å². The molecule has 0 aliphatic rings. The van der Waals surface area contributed by atoms with Gasteiger partial charge in [-0.1, -0.05) is 23.7 Å². The summed E-state index contributed by atoms with van der Waals surface area (Å²) in [6, 6.07) is 13.8. The Balaban J connectivity index is 1.91. The summed E-state index contributed by atoms with van der Waals surface area (Å²) < 4.78 is 66.9. The van der Waals surface area contributed by atoms with E-state index in [1.54, 1.807) is 12.1 Å². The number of carbonyl (C=O) groups excluding carboxylic acids is 1. The third kappa shape index (κ3) is 5.25. The highest BCUT2D eigenvalue weighted by atomic mass is 35.5. The van der Waals surface area contributed by atoms with Crippen molar-refractivity contribution in [2.75, 3.05) is 17.1 Å². The lowest BCUT2D eigenvalue weighted by Gasteiger charge is -2.14. The molecular weight excluding hydrogens is 481 g/mol. The van der Waals surface area contributed by atoms with Crippen LogP contribution in [-0.2, 0) is 20.0 Å². The maximum Gasteiger partial charge on any atom is 0.261 e. The van der Waals surface area contributed by atoms with Crippen LogP contribution >= 0.6 is 11.6 Å². The van der Waals surface area contributed by atoms with E-state index in [0.717, 1.165) is 30.3 Å². The smallest absolute Gasteiger partial charge is 0.261 e. The van der Waals surface area contributed by atoms with E-state index in [2.05, 4.69) is 14.8 Å². The van der Waals surface area contributed by atoms with Crippen LogP contribution in [0.5, 0.6) is 0 Å². The Morgan fingerprint density at radius 3 is 2.06 bits per heavy atom. The monoisotopic (exact) mass is 497 g/mol. The van der Waals surface area contributed by atoms with Gasteiger partial charge in [0.25, 0.3) is 15.9 Å². The van der Waals surface area contributed by atoms with Crippen LogP contribution in [0.25, 0.3) is 0 Å². The SMILES string of the molecule is CNS(=O)(=O)c1ccc(Cl)c(C(=O)Nc2ccccc2NS(=O)(=O)c2ccc(F)cc2)c1. The van der Waals surface area contributed by atoms with E-state index in [1.807, 2.05) is 0 Å². The Kier molecular flexibility index (Phi) is 6.84. The summed E-state index contributed by atoms with van der Waals surface area (Å²) in [7, 11) is -6.66. The first kappa shape index (κ1) is 23.7. The molecule has 3 aromatic carbocycles. The first-order chi connectivity index (χ1) is 15.0. The molecule has 3 aromatic rings. The number of hydrogen-bond acceptors (Lipinski definition) is 5. The molecule has 3 rings (SSSR count). The summed E-state index contributed by atoms with van der Waals surface area (Å²) >= 11 is 6.07. The van der Waals surface area contributed by atoms with Crippen molar-refractivity contribution in [3.63, 3.8) is 0 Å². The summed E-state index contributed by atoms with van der Waals surface area (Å²) in [5, 5.41) is 2.52. The molecule has 32 heavy (non-hydrogen) atoms. The van der Waals surface area contributed by atoms with E-state index in [-0.39, 0.29) is 31.8 Å². The number of halogens is 2. The van der Waals surface area contributed by atoms with Crippen molar-refractivity contribution >= 4 is 48.9 Å². The van der Waals surface area contributed by atoms with Crippen LogP contribution < -0.4 is 14.8 Å². The minimum Gasteiger partial charge on any atom is -0.320 e. The molecule has 0 radical (unpaired) electrons. The predicted molar refractivity (Wildman–Crippen MR) is 119 cm³/mol. The summed E-state index contributed by atoms with van der Waals surface area (Å²) in [6.07, 6.45) is 0. The van der Waals surface area contributed by atoms with Gasteiger partial charge >= 0.3 is 0 Å². The van der Waals surface area contributed by atoms with Gasteiger partial charge < -0.3 is 5.32 Å². The number of rotatable bonds is 7. The third-order valence-corrected chi connectivity index (χ3v) is 7.43. The van der Waals surface area contributed by atoms with Crippen LogP contribution in [-0.4, -0.2) is 29.8 Å². The fourth-order valence-electron chi connectivity index (χ4n) is 2.65. The molecule has 12 heteroatoms.